The number of nitrogens with zero attached hydrogens (tertiary/aromatic N) is 1. The van der Waals surface area contributed by atoms with Crippen molar-refractivity contribution in [2.45, 2.75) is 17.8 Å². The molecule has 0 spiro atoms. The molecule has 2 aliphatic carbocycles. The standard InChI is InChI=1S/C57H39NO/c1-56(38-17-5-2-6-18-38)50-26-14-11-23-44(50)47-35-41(29-32-51(47)56)58(43-31-34-55-49(37-43)46-25-13-16-28-54(46)59-55)42-30-33-53-48(36-42)45-24-12-15-27-52(45)57(53,39-19-7-3-8-20-39)40-21-9-4-10-22-40/h2-37H,1H3. The minimum Gasteiger partial charge on any atom is -0.456 e. The summed E-state index contributed by atoms with van der Waals surface area (Å²) in [7, 11) is 0. The molecule has 0 fully saturated rings. The van der Waals surface area contributed by atoms with Crippen LogP contribution in [0.15, 0.2) is 223 Å². The summed E-state index contributed by atoms with van der Waals surface area (Å²) >= 11 is 0. The van der Waals surface area contributed by atoms with E-state index in [2.05, 4.69) is 224 Å². The van der Waals surface area contributed by atoms with E-state index in [4.69, 9.17) is 4.42 Å². The molecule has 1 heterocycles. The third-order valence-electron chi connectivity index (χ3n) is 13.2. The second kappa shape index (κ2) is 12.8. The minimum atomic E-state index is -0.467. The highest BCUT2D eigenvalue weighted by atomic mass is 16.3. The van der Waals surface area contributed by atoms with E-state index in [-0.39, 0.29) is 5.41 Å². The number of hydrogen-bond donors (Lipinski definition) is 0. The molecule has 0 saturated heterocycles. The highest BCUT2D eigenvalue weighted by Gasteiger charge is 2.46. The largest absolute Gasteiger partial charge is 0.456 e. The molecule has 59 heavy (non-hydrogen) atoms. The van der Waals surface area contributed by atoms with Crippen LogP contribution < -0.4 is 4.90 Å². The van der Waals surface area contributed by atoms with Gasteiger partial charge in [-0.3, -0.25) is 0 Å². The first-order valence-corrected chi connectivity index (χ1v) is 20.5. The van der Waals surface area contributed by atoms with Gasteiger partial charge < -0.3 is 9.32 Å². The lowest BCUT2D eigenvalue weighted by Crippen LogP contribution is -2.28. The van der Waals surface area contributed by atoms with Crippen LogP contribution in [0.4, 0.5) is 17.1 Å². The van der Waals surface area contributed by atoms with E-state index in [1.54, 1.807) is 0 Å². The molecular formula is C57H39NO. The number of benzene rings is 9. The molecule has 0 amide bonds. The van der Waals surface area contributed by atoms with Gasteiger partial charge in [0.15, 0.2) is 0 Å². The molecule has 0 bridgehead atoms. The van der Waals surface area contributed by atoms with Crippen molar-refractivity contribution in [1.29, 1.82) is 0 Å². The topological polar surface area (TPSA) is 16.4 Å². The Labute approximate surface area is 344 Å². The lowest BCUT2D eigenvalue weighted by molar-refractivity contribution is 0.669. The highest BCUT2D eigenvalue weighted by molar-refractivity contribution is 6.07. The SMILES string of the molecule is CC1(c2ccccc2)c2ccccc2-c2cc(N(c3ccc4c(c3)-c3ccccc3C4(c3ccccc3)c3ccccc3)c3ccc4oc5ccccc5c4c3)ccc21. The Morgan fingerprint density at radius 1 is 0.339 bits per heavy atom. The predicted octanol–water partition coefficient (Wildman–Crippen LogP) is 14.8. The van der Waals surface area contributed by atoms with Gasteiger partial charge in [-0.25, -0.2) is 0 Å². The molecule has 1 atom stereocenters. The minimum absolute atomic E-state index is 0.277. The van der Waals surface area contributed by atoms with Crippen LogP contribution in [0.25, 0.3) is 44.2 Å². The normalized spacial score (nSPS) is 15.7. The van der Waals surface area contributed by atoms with E-state index in [0.717, 1.165) is 39.0 Å². The summed E-state index contributed by atoms with van der Waals surface area (Å²) < 4.78 is 6.35. The van der Waals surface area contributed by atoms with Crippen LogP contribution in [0.2, 0.25) is 0 Å². The molecular weight excluding hydrogens is 715 g/mol. The molecule has 10 aromatic rings. The van der Waals surface area contributed by atoms with Crippen molar-refractivity contribution in [1.82, 2.24) is 0 Å². The second-order valence-electron chi connectivity index (χ2n) is 16.1. The first-order chi connectivity index (χ1) is 29.1. The number of furan rings is 1. The molecule has 12 rings (SSSR count). The first kappa shape index (κ1) is 33.7. The van der Waals surface area contributed by atoms with Crippen molar-refractivity contribution in [3.05, 3.63) is 257 Å². The van der Waals surface area contributed by atoms with Crippen LogP contribution in [0, 0.1) is 0 Å². The number of hydrogen-bond acceptors (Lipinski definition) is 2. The Morgan fingerprint density at radius 2 is 0.780 bits per heavy atom. The van der Waals surface area contributed by atoms with E-state index in [1.807, 2.05) is 6.07 Å². The Hall–Kier alpha value is -7.42. The molecule has 2 heteroatoms. The van der Waals surface area contributed by atoms with Crippen molar-refractivity contribution >= 4 is 39.0 Å². The van der Waals surface area contributed by atoms with Gasteiger partial charge in [-0.2, -0.15) is 0 Å². The Balaban J connectivity index is 1.11. The Kier molecular flexibility index (Phi) is 7.31. The van der Waals surface area contributed by atoms with Gasteiger partial charge in [0.1, 0.15) is 11.2 Å². The van der Waals surface area contributed by atoms with E-state index >= 15 is 0 Å². The fourth-order valence-corrected chi connectivity index (χ4v) is 10.6. The van der Waals surface area contributed by atoms with Gasteiger partial charge in [-0.1, -0.05) is 170 Å². The van der Waals surface area contributed by atoms with Crippen molar-refractivity contribution in [2.75, 3.05) is 4.90 Å². The summed E-state index contributed by atoms with van der Waals surface area (Å²) in [4.78, 5) is 2.44. The zero-order valence-corrected chi connectivity index (χ0v) is 32.6. The summed E-state index contributed by atoms with van der Waals surface area (Å²) in [5.41, 5.74) is 18.4. The maximum atomic E-state index is 6.35. The molecule has 2 aliphatic rings. The van der Waals surface area contributed by atoms with Gasteiger partial charge in [0.25, 0.3) is 0 Å². The highest BCUT2D eigenvalue weighted by Crippen LogP contribution is 2.58. The lowest BCUT2D eigenvalue weighted by atomic mass is 9.68. The summed E-state index contributed by atoms with van der Waals surface area (Å²) in [5, 5.41) is 2.22. The maximum Gasteiger partial charge on any atom is 0.135 e. The maximum absolute atomic E-state index is 6.35. The second-order valence-corrected chi connectivity index (χ2v) is 16.1. The Bertz CT molecular complexity index is 3200. The van der Waals surface area contributed by atoms with Crippen molar-refractivity contribution in [3.8, 4) is 22.3 Å². The average molecular weight is 754 g/mol. The molecule has 1 aromatic heterocycles. The van der Waals surface area contributed by atoms with Gasteiger partial charge in [0.05, 0.1) is 5.41 Å². The first-order valence-electron chi connectivity index (χ1n) is 20.5. The fraction of sp³-hybridized carbons (Fsp3) is 0.0526. The van der Waals surface area contributed by atoms with Gasteiger partial charge in [0.2, 0.25) is 0 Å². The average Bonchev–Trinajstić information content (AvgIpc) is 3.92. The molecule has 9 aromatic carbocycles. The van der Waals surface area contributed by atoms with Crippen molar-refractivity contribution in [3.63, 3.8) is 0 Å². The smallest absolute Gasteiger partial charge is 0.135 e. The van der Waals surface area contributed by atoms with Crippen LogP contribution in [0.5, 0.6) is 0 Å². The van der Waals surface area contributed by atoms with E-state index in [0.29, 0.717) is 0 Å². The summed E-state index contributed by atoms with van der Waals surface area (Å²) in [5.74, 6) is 0. The quantitative estimate of drug-likeness (QED) is 0.168. The molecule has 278 valence electrons. The number of fused-ring (bicyclic) bond motifs is 9. The third kappa shape index (κ3) is 4.75. The molecule has 0 radical (unpaired) electrons. The van der Waals surface area contributed by atoms with Gasteiger partial charge in [-0.15, -0.1) is 0 Å². The molecule has 0 aliphatic heterocycles. The predicted molar refractivity (Wildman–Crippen MR) is 243 cm³/mol. The van der Waals surface area contributed by atoms with Crippen molar-refractivity contribution in [2.24, 2.45) is 0 Å². The molecule has 1 unspecified atom stereocenters. The Morgan fingerprint density at radius 3 is 1.46 bits per heavy atom. The fourth-order valence-electron chi connectivity index (χ4n) is 10.6. The van der Waals surface area contributed by atoms with Crippen LogP contribution in [0.1, 0.15) is 45.9 Å². The van der Waals surface area contributed by atoms with Crippen LogP contribution >= 0.6 is 0 Å². The third-order valence-corrected chi connectivity index (χ3v) is 13.2. The van der Waals surface area contributed by atoms with Gasteiger partial charge in [0, 0.05) is 33.2 Å². The number of anilines is 3. The van der Waals surface area contributed by atoms with E-state index in [9.17, 15) is 0 Å². The van der Waals surface area contributed by atoms with Crippen molar-refractivity contribution < 1.29 is 4.42 Å². The van der Waals surface area contributed by atoms with Gasteiger partial charge in [-0.05, 0) is 117 Å². The monoisotopic (exact) mass is 753 g/mol. The lowest BCUT2D eigenvalue weighted by Gasteiger charge is -2.34. The molecule has 2 nitrogen and oxygen atoms in total. The van der Waals surface area contributed by atoms with Gasteiger partial charge >= 0.3 is 0 Å². The zero-order chi connectivity index (χ0) is 39.1. The summed E-state index contributed by atoms with van der Waals surface area (Å²) in [6.45, 7) is 2.38. The molecule has 0 N–H and O–H groups in total. The summed E-state index contributed by atoms with van der Waals surface area (Å²) in [6.07, 6.45) is 0. The summed E-state index contributed by atoms with van der Waals surface area (Å²) in [6, 6.07) is 80.2. The van der Waals surface area contributed by atoms with Crippen LogP contribution in [0.3, 0.4) is 0 Å². The number of para-hydroxylation sites is 1. The van der Waals surface area contributed by atoms with Crippen LogP contribution in [-0.4, -0.2) is 0 Å². The number of rotatable bonds is 6. The van der Waals surface area contributed by atoms with E-state index < -0.39 is 5.41 Å². The van der Waals surface area contributed by atoms with Crippen LogP contribution in [-0.2, 0) is 10.8 Å². The molecule has 0 saturated carbocycles. The van der Waals surface area contributed by atoms with E-state index in [1.165, 1.54) is 61.2 Å². The zero-order valence-electron chi connectivity index (χ0n) is 32.6.